The van der Waals surface area contributed by atoms with Crippen LogP contribution in [0.15, 0.2) is 17.0 Å². The van der Waals surface area contributed by atoms with E-state index in [1.54, 1.807) is 13.8 Å². The van der Waals surface area contributed by atoms with Crippen molar-refractivity contribution < 1.29 is 23.1 Å². The number of hydrogen-bond acceptors (Lipinski definition) is 4. The molecule has 1 rings (SSSR count). The lowest BCUT2D eigenvalue weighted by Crippen LogP contribution is -2.32. The van der Waals surface area contributed by atoms with Gasteiger partial charge in [0.2, 0.25) is 10.0 Å². The molecule has 0 saturated heterocycles. The number of carbonyl (C=O) groups is 1. The fraction of sp³-hybridized carbons (Fsp3) is 0.417. The molecule has 0 aromatic heterocycles. The summed E-state index contributed by atoms with van der Waals surface area (Å²) in [7, 11) is -3.96. The van der Waals surface area contributed by atoms with Crippen LogP contribution in [0.2, 0.25) is 10.0 Å². The molecule has 1 unspecified atom stereocenters. The molecule has 21 heavy (non-hydrogen) atoms. The Morgan fingerprint density at radius 2 is 2.00 bits per heavy atom. The predicted molar refractivity (Wildman–Crippen MR) is 79.7 cm³/mol. The second-order valence-electron chi connectivity index (χ2n) is 4.19. The fourth-order valence-electron chi connectivity index (χ4n) is 1.55. The van der Waals surface area contributed by atoms with Crippen molar-refractivity contribution in [2.75, 3.05) is 13.2 Å². The molecule has 0 bridgehead atoms. The van der Waals surface area contributed by atoms with E-state index in [0.717, 1.165) is 12.1 Å². The lowest BCUT2D eigenvalue weighted by molar-refractivity contribution is 0.0696. The number of hydrogen-bond donors (Lipinski definition) is 2. The van der Waals surface area contributed by atoms with Crippen LogP contribution in [0.25, 0.3) is 0 Å². The Balaban J connectivity index is 3.08. The van der Waals surface area contributed by atoms with Gasteiger partial charge in [-0.15, -0.1) is 0 Å². The summed E-state index contributed by atoms with van der Waals surface area (Å²) in [6, 6.07) is 2.02. The van der Waals surface area contributed by atoms with E-state index in [-0.39, 0.29) is 33.2 Å². The molecule has 2 N–H and O–H groups in total. The summed E-state index contributed by atoms with van der Waals surface area (Å²) < 4.78 is 31.8. The highest BCUT2D eigenvalue weighted by atomic mass is 35.5. The van der Waals surface area contributed by atoms with E-state index in [4.69, 9.17) is 33.0 Å². The van der Waals surface area contributed by atoms with Gasteiger partial charge < -0.3 is 9.84 Å². The first-order valence-corrected chi connectivity index (χ1v) is 8.26. The van der Waals surface area contributed by atoms with Crippen molar-refractivity contribution >= 4 is 39.2 Å². The average Bonchev–Trinajstić information content (AvgIpc) is 2.36. The van der Waals surface area contributed by atoms with Gasteiger partial charge in [0.05, 0.1) is 21.7 Å². The van der Waals surface area contributed by atoms with Gasteiger partial charge in [-0.1, -0.05) is 23.2 Å². The molecular weight excluding hydrogens is 341 g/mol. The van der Waals surface area contributed by atoms with E-state index in [9.17, 15) is 13.2 Å². The minimum Gasteiger partial charge on any atom is -0.478 e. The van der Waals surface area contributed by atoms with Gasteiger partial charge in [-0.25, -0.2) is 17.9 Å². The van der Waals surface area contributed by atoms with E-state index in [0.29, 0.717) is 6.61 Å². The predicted octanol–water partition coefficient (Wildman–Crippen LogP) is 2.39. The molecule has 0 spiro atoms. The first-order chi connectivity index (χ1) is 9.69. The molecular formula is C12H15Cl2NO5S. The van der Waals surface area contributed by atoms with Crippen LogP contribution in [0, 0.1) is 0 Å². The molecule has 118 valence electrons. The number of rotatable bonds is 7. The van der Waals surface area contributed by atoms with Crippen LogP contribution < -0.4 is 4.72 Å². The summed E-state index contributed by atoms with van der Waals surface area (Å²) in [4.78, 5) is 10.7. The van der Waals surface area contributed by atoms with E-state index < -0.39 is 16.0 Å². The zero-order valence-corrected chi connectivity index (χ0v) is 13.7. The maximum absolute atomic E-state index is 12.2. The monoisotopic (exact) mass is 355 g/mol. The van der Waals surface area contributed by atoms with E-state index in [1.807, 2.05) is 0 Å². The molecule has 1 aromatic carbocycles. The highest BCUT2D eigenvalue weighted by molar-refractivity contribution is 7.89. The number of aromatic carboxylic acids is 1. The van der Waals surface area contributed by atoms with Crippen LogP contribution in [0.5, 0.6) is 0 Å². The first kappa shape index (κ1) is 18.2. The number of nitrogens with one attached hydrogen (secondary N) is 1. The van der Waals surface area contributed by atoms with Crippen LogP contribution in [0.4, 0.5) is 0 Å². The molecule has 0 radical (unpaired) electrons. The third-order valence-corrected chi connectivity index (χ3v) is 4.75. The summed E-state index contributed by atoms with van der Waals surface area (Å²) in [6.07, 6.45) is -0.324. The lowest BCUT2D eigenvalue weighted by Gasteiger charge is -2.14. The first-order valence-electron chi connectivity index (χ1n) is 6.02. The van der Waals surface area contributed by atoms with Crippen molar-refractivity contribution in [3.63, 3.8) is 0 Å². The minimum absolute atomic E-state index is 0.0392. The standard InChI is InChI=1S/C12H15Cl2NO5S/c1-3-20-7(2)6-15-21(18,19)11-4-8(12(16)17)9(13)5-10(11)14/h4-5,7,15H,3,6H2,1-2H3,(H,16,17). The van der Waals surface area contributed by atoms with Gasteiger partial charge in [0, 0.05) is 13.2 Å². The van der Waals surface area contributed by atoms with Crippen molar-refractivity contribution in [3.05, 3.63) is 27.7 Å². The van der Waals surface area contributed by atoms with Crippen molar-refractivity contribution in [1.82, 2.24) is 4.72 Å². The second-order valence-corrected chi connectivity index (χ2v) is 6.74. The van der Waals surface area contributed by atoms with Gasteiger partial charge in [-0.05, 0) is 26.0 Å². The number of carboxylic acid groups (broad SMARTS) is 1. The molecule has 9 heteroatoms. The Morgan fingerprint density at radius 1 is 1.38 bits per heavy atom. The molecule has 0 saturated carbocycles. The van der Waals surface area contributed by atoms with Crippen molar-refractivity contribution in [2.24, 2.45) is 0 Å². The molecule has 1 atom stereocenters. The van der Waals surface area contributed by atoms with Gasteiger partial charge in [0.15, 0.2) is 0 Å². The van der Waals surface area contributed by atoms with E-state index in [1.165, 1.54) is 0 Å². The fourth-order valence-corrected chi connectivity index (χ4v) is 3.51. The van der Waals surface area contributed by atoms with Gasteiger partial charge in [0.25, 0.3) is 0 Å². The molecule has 0 aliphatic carbocycles. The van der Waals surface area contributed by atoms with Gasteiger partial charge in [0.1, 0.15) is 4.90 Å². The Hall–Kier alpha value is -0.860. The number of benzene rings is 1. The largest absolute Gasteiger partial charge is 0.478 e. The van der Waals surface area contributed by atoms with Crippen LogP contribution in [-0.2, 0) is 14.8 Å². The highest BCUT2D eigenvalue weighted by Crippen LogP contribution is 2.28. The Labute approximate surface area is 133 Å². The molecule has 1 aromatic rings. The summed E-state index contributed by atoms with van der Waals surface area (Å²) >= 11 is 11.6. The Kier molecular flexibility index (Phi) is 6.42. The maximum atomic E-state index is 12.2. The average molecular weight is 356 g/mol. The van der Waals surface area contributed by atoms with Gasteiger partial charge >= 0.3 is 5.97 Å². The van der Waals surface area contributed by atoms with Crippen LogP contribution in [0.3, 0.4) is 0 Å². The summed E-state index contributed by atoms with van der Waals surface area (Å²) in [5.74, 6) is -1.34. The van der Waals surface area contributed by atoms with Crippen molar-refractivity contribution in [2.45, 2.75) is 24.8 Å². The smallest absolute Gasteiger partial charge is 0.337 e. The maximum Gasteiger partial charge on any atom is 0.337 e. The number of carboxylic acids is 1. The number of sulfonamides is 1. The molecule has 0 aliphatic rings. The van der Waals surface area contributed by atoms with Crippen LogP contribution in [0.1, 0.15) is 24.2 Å². The summed E-state index contributed by atoms with van der Waals surface area (Å²) in [6.45, 7) is 3.99. The van der Waals surface area contributed by atoms with Crippen LogP contribution >= 0.6 is 23.2 Å². The van der Waals surface area contributed by atoms with E-state index in [2.05, 4.69) is 4.72 Å². The molecule has 6 nitrogen and oxygen atoms in total. The van der Waals surface area contributed by atoms with E-state index >= 15 is 0 Å². The quantitative estimate of drug-likeness (QED) is 0.783. The van der Waals surface area contributed by atoms with Crippen molar-refractivity contribution in [1.29, 1.82) is 0 Å². The summed E-state index contributed by atoms with van der Waals surface area (Å²) in [5, 5.41) is 8.69. The minimum atomic E-state index is -3.96. The SMILES string of the molecule is CCOC(C)CNS(=O)(=O)c1cc(C(=O)O)c(Cl)cc1Cl. The molecule has 0 amide bonds. The molecule has 0 fully saturated rings. The third-order valence-electron chi connectivity index (χ3n) is 2.55. The summed E-state index contributed by atoms with van der Waals surface area (Å²) in [5.41, 5.74) is -0.334. The highest BCUT2D eigenvalue weighted by Gasteiger charge is 2.22. The normalized spacial score (nSPS) is 13.1. The molecule has 0 aliphatic heterocycles. The second kappa shape index (κ2) is 7.42. The third kappa shape index (κ3) is 4.82. The number of ether oxygens (including phenoxy) is 1. The zero-order chi connectivity index (χ0) is 16.2. The Morgan fingerprint density at radius 3 is 2.52 bits per heavy atom. The van der Waals surface area contributed by atoms with Crippen molar-refractivity contribution in [3.8, 4) is 0 Å². The zero-order valence-electron chi connectivity index (χ0n) is 11.4. The number of halogens is 2. The van der Waals surface area contributed by atoms with Gasteiger partial charge in [-0.2, -0.15) is 0 Å². The van der Waals surface area contributed by atoms with Gasteiger partial charge in [-0.3, -0.25) is 0 Å². The lowest BCUT2D eigenvalue weighted by atomic mass is 10.2. The Bertz CT molecular complexity index is 633. The molecule has 0 heterocycles. The topological polar surface area (TPSA) is 92.7 Å². The van der Waals surface area contributed by atoms with Crippen LogP contribution in [-0.4, -0.2) is 38.7 Å².